The lowest BCUT2D eigenvalue weighted by atomic mass is 9.93. The molecule has 0 bridgehead atoms. The Morgan fingerprint density at radius 1 is 1.27 bits per heavy atom. The predicted molar refractivity (Wildman–Crippen MR) is 119 cm³/mol. The number of aliphatic imine (C=N–C) groups is 1. The summed E-state index contributed by atoms with van der Waals surface area (Å²) in [7, 11) is 1.89. The Hall–Kier alpha value is -1.02. The van der Waals surface area contributed by atoms with Crippen LogP contribution in [0.5, 0.6) is 5.75 Å². The van der Waals surface area contributed by atoms with Crippen molar-refractivity contribution >= 4 is 29.9 Å². The smallest absolute Gasteiger partial charge is 0.193 e. The molecule has 1 saturated heterocycles. The zero-order valence-corrected chi connectivity index (χ0v) is 18.6. The van der Waals surface area contributed by atoms with Crippen molar-refractivity contribution in [1.29, 1.82) is 0 Å². The fraction of sp³-hybridized carbons (Fsp3) is 0.650. The number of ether oxygens (including phenoxy) is 1. The van der Waals surface area contributed by atoms with Gasteiger partial charge in [0.15, 0.2) is 5.96 Å². The van der Waals surface area contributed by atoms with E-state index in [2.05, 4.69) is 52.2 Å². The molecule has 0 aliphatic carbocycles. The quantitative estimate of drug-likeness (QED) is 0.406. The number of benzene rings is 1. The second-order valence-electron chi connectivity index (χ2n) is 6.91. The highest BCUT2D eigenvalue weighted by atomic mass is 127. The first-order valence-electron chi connectivity index (χ1n) is 9.68. The summed E-state index contributed by atoms with van der Waals surface area (Å²) in [5.41, 5.74) is 1.32. The zero-order valence-electron chi connectivity index (χ0n) is 16.3. The van der Waals surface area contributed by atoms with Crippen LogP contribution in [-0.2, 0) is 0 Å². The van der Waals surface area contributed by atoms with Crippen LogP contribution in [0, 0.1) is 0 Å². The molecule has 26 heavy (non-hydrogen) atoms. The molecular weight excluding hydrogens is 439 g/mol. The minimum atomic E-state index is 0. The van der Waals surface area contributed by atoms with Crippen molar-refractivity contribution in [2.24, 2.45) is 4.99 Å². The molecule has 0 saturated carbocycles. The second-order valence-corrected chi connectivity index (χ2v) is 6.91. The van der Waals surface area contributed by atoms with Crippen molar-refractivity contribution in [3.8, 4) is 5.75 Å². The van der Waals surface area contributed by atoms with E-state index in [9.17, 15) is 0 Å². The van der Waals surface area contributed by atoms with E-state index in [-0.39, 0.29) is 24.0 Å². The van der Waals surface area contributed by atoms with Gasteiger partial charge in [-0.25, -0.2) is 0 Å². The lowest BCUT2D eigenvalue weighted by Crippen LogP contribution is -2.44. The molecule has 1 aromatic carbocycles. The van der Waals surface area contributed by atoms with E-state index in [1.807, 2.05) is 13.1 Å². The zero-order chi connectivity index (χ0) is 17.6. The van der Waals surface area contributed by atoms with E-state index in [1.54, 1.807) is 0 Å². The van der Waals surface area contributed by atoms with Crippen LogP contribution >= 0.6 is 24.0 Å². The van der Waals surface area contributed by atoms with Crippen LogP contribution in [0.15, 0.2) is 29.3 Å². The van der Waals surface area contributed by atoms with E-state index in [4.69, 9.17) is 4.74 Å². The number of guanidine groups is 1. The molecule has 2 aliphatic rings. The summed E-state index contributed by atoms with van der Waals surface area (Å²) < 4.78 is 5.78. The number of likely N-dealkylation sites (tertiary alicyclic amines) is 1. The summed E-state index contributed by atoms with van der Waals surface area (Å²) >= 11 is 0. The highest BCUT2D eigenvalue weighted by Crippen LogP contribution is 2.32. The van der Waals surface area contributed by atoms with Gasteiger partial charge in [0.1, 0.15) is 5.75 Å². The Bertz CT molecular complexity index is 591. The van der Waals surface area contributed by atoms with E-state index in [0.717, 1.165) is 57.5 Å². The van der Waals surface area contributed by atoms with E-state index < -0.39 is 0 Å². The van der Waals surface area contributed by atoms with Crippen LogP contribution in [0.25, 0.3) is 0 Å². The number of nitrogens with zero attached hydrogens (tertiary/aromatic N) is 3. The number of nitrogens with one attached hydrogen (secondary N) is 1. The Balaban J connectivity index is 0.00000243. The first kappa shape index (κ1) is 21.3. The number of hydrogen-bond acceptors (Lipinski definition) is 3. The van der Waals surface area contributed by atoms with Crippen LogP contribution in [0.4, 0.5) is 0 Å². The van der Waals surface area contributed by atoms with E-state index in [1.165, 1.54) is 12.0 Å². The highest BCUT2D eigenvalue weighted by molar-refractivity contribution is 14.0. The van der Waals surface area contributed by atoms with Crippen LogP contribution in [0.1, 0.15) is 38.2 Å². The van der Waals surface area contributed by atoms with E-state index in [0.29, 0.717) is 12.0 Å². The lowest BCUT2D eigenvalue weighted by molar-refractivity contribution is 0.223. The van der Waals surface area contributed by atoms with Gasteiger partial charge in [0.25, 0.3) is 0 Å². The number of fused-ring (bicyclic) bond motifs is 1. The maximum atomic E-state index is 5.78. The third-order valence-corrected chi connectivity index (χ3v) is 5.59. The number of para-hydroxylation sites is 1. The average Bonchev–Trinajstić information content (AvgIpc) is 3.13. The van der Waals surface area contributed by atoms with Crippen molar-refractivity contribution < 1.29 is 4.74 Å². The number of rotatable bonds is 5. The molecule has 3 rings (SSSR count). The minimum absolute atomic E-state index is 0. The minimum Gasteiger partial charge on any atom is -0.493 e. The molecule has 146 valence electrons. The average molecular weight is 472 g/mol. The summed E-state index contributed by atoms with van der Waals surface area (Å²) in [5, 5.41) is 3.62. The van der Waals surface area contributed by atoms with E-state index >= 15 is 0 Å². The summed E-state index contributed by atoms with van der Waals surface area (Å²) in [6.45, 7) is 10.6. The van der Waals surface area contributed by atoms with Gasteiger partial charge in [-0.15, -0.1) is 24.0 Å². The number of likely N-dealkylation sites (N-methyl/N-ethyl adjacent to an activating group) is 1. The third kappa shape index (κ3) is 4.82. The van der Waals surface area contributed by atoms with Crippen molar-refractivity contribution in [2.75, 3.05) is 46.4 Å². The van der Waals surface area contributed by atoms with Crippen LogP contribution < -0.4 is 10.1 Å². The topological polar surface area (TPSA) is 40.1 Å². The molecule has 5 nitrogen and oxygen atoms in total. The molecular formula is C20H33IN4O. The molecule has 0 spiro atoms. The second kappa shape index (κ2) is 10.3. The van der Waals surface area contributed by atoms with Crippen molar-refractivity contribution in [1.82, 2.24) is 15.1 Å². The van der Waals surface area contributed by atoms with Crippen molar-refractivity contribution in [3.63, 3.8) is 0 Å². The summed E-state index contributed by atoms with van der Waals surface area (Å²) in [5.74, 6) is 2.57. The highest BCUT2D eigenvalue weighted by Gasteiger charge is 2.29. The van der Waals surface area contributed by atoms with Gasteiger partial charge in [-0.05, 0) is 37.6 Å². The molecule has 0 amide bonds. The maximum absolute atomic E-state index is 5.78. The molecule has 1 N–H and O–H groups in total. The summed E-state index contributed by atoms with van der Waals surface area (Å²) in [4.78, 5) is 9.51. The fourth-order valence-electron chi connectivity index (χ4n) is 4.15. The van der Waals surface area contributed by atoms with Gasteiger partial charge in [0.05, 0.1) is 6.61 Å². The molecule has 2 unspecified atom stereocenters. The largest absolute Gasteiger partial charge is 0.493 e. The molecule has 0 aromatic heterocycles. The first-order chi connectivity index (χ1) is 12.3. The summed E-state index contributed by atoms with van der Waals surface area (Å²) in [6, 6.07) is 9.06. The van der Waals surface area contributed by atoms with Crippen LogP contribution in [0.2, 0.25) is 0 Å². The van der Waals surface area contributed by atoms with Crippen LogP contribution in [-0.4, -0.2) is 68.2 Å². The van der Waals surface area contributed by atoms with Gasteiger partial charge in [-0.2, -0.15) is 0 Å². The molecule has 2 aliphatic heterocycles. The fourth-order valence-corrected chi connectivity index (χ4v) is 4.15. The normalized spacial score (nSPS) is 22.6. The monoisotopic (exact) mass is 472 g/mol. The summed E-state index contributed by atoms with van der Waals surface area (Å²) in [6.07, 6.45) is 2.28. The third-order valence-electron chi connectivity index (χ3n) is 5.59. The van der Waals surface area contributed by atoms with Gasteiger partial charge >= 0.3 is 0 Å². The standard InChI is InChI=1S/C20H32N4O.HI/c1-4-23(5-2)17-10-12-24(15-17)20(21-3)22-14-16-11-13-25-19-9-7-6-8-18(16)19;/h6-9,16-17H,4-5,10-15H2,1-3H3,(H,21,22);1H. The Labute approximate surface area is 175 Å². The van der Waals surface area contributed by atoms with Gasteiger partial charge in [0, 0.05) is 38.6 Å². The van der Waals surface area contributed by atoms with Gasteiger partial charge < -0.3 is 15.0 Å². The molecule has 1 aromatic rings. The SMILES string of the molecule is CCN(CC)C1CCN(C(=NC)NCC2CCOc3ccccc32)C1.I. The Morgan fingerprint density at radius 3 is 2.77 bits per heavy atom. The molecule has 6 heteroatoms. The van der Waals surface area contributed by atoms with Crippen molar-refractivity contribution in [3.05, 3.63) is 29.8 Å². The van der Waals surface area contributed by atoms with Gasteiger partial charge in [0.2, 0.25) is 0 Å². The Kier molecular flexibility index (Phi) is 8.47. The number of halogens is 1. The first-order valence-corrected chi connectivity index (χ1v) is 9.68. The number of hydrogen-bond donors (Lipinski definition) is 1. The molecule has 1 fully saturated rings. The van der Waals surface area contributed by atoms with Gasteiger partial charge in [-0.1, -0.05) is 32.0 Å². The molecule has 2 atom stereocenters. The molecule has 0 radical (unpaired) electrons. The van der Waals surface area contributed by atoms with Gasteiger partial charge in [-0.3, -0.25) is 9.89 Å². The Morgan fingerprint density at radius 2 is 2.04 bits per heavy atom. The molecule has 2 heterocycles. The lowest BCUT2D eigenvalue weighted by Gasteiger charge is -2.29. The van der Waals surface area contributed by atoms with Crippen molar-refractivity contribution in [2.45, 2.75) is 38.6 Å². The van der Waals surface area contributed by atoms with Crippen LogP contribution in [0.3, 0.4) is 0 Å². The predicted octanol–water partition coefficient (Wildman–Crippen LogP) is 3.16. The maximum Gasteiger partial charge on any atom is 0.193 e.